The molecule has 6 heterocycles. The molecule has 10 rings (SSSR count). The molecule has 0 radical (unpaired) electrons. The Kier molecular flexibility index (Phi) is 18.9. The predicted molar refractivity (Wildman–Crippen MR) is 310 cm³/mol. The normalized spacial score (nSPS) is 13.6. The molecule has 4 aromatic carbocycles. The van der Waals surface area contributed by atoms with E-state index in [0.717, 1.165) is 94.8 Å². The molecule has 2 aliphatic rings. The van der Waals surface area contributed by atoms with Crippen molar-refractivity contribution in [3.05, 3.63) is 179 Å². The highest BCUT2D eigenvalue weighted by Gasteiger charge is 2.33. The summed E-state index contributed by atoms with van der Waals surface area (Å²) in [4.78, 5) is 62.8. The van der Waals surface area contributed by atoms with Crippen molar-refractivity contribution >= 4 is 66.6 Å². The maximum absolute atomic E-state index is 13.7. The number of nitrogens with zero attached hydrogens (tertiary/aromatic N) is 5. The van der Waals surface area contributed by atoms with Crippen LogP contribution < -0.4 is 42.6 Å². The highest BCUT2D eigenvalue weighted by atomic mass is 79.9. The zero-order chi connectivity index (χ0) is 56.9. The van der Waals surface area contributed by atoms with E-state index in [1.54, 1.807) is 84.2 Å². The van der Waals surface area contributed by atoms with E-state index in [9.17, 15) is 45.5 Å². The summed E-state index contributed by atoms with van der Waals surface area (Å²) < 4.78 is 83.7. The van der Waals surface area contributed by atoms with Crippen LogP contribution in [-0.4, -0.2) is 83.3 Å². The number of fused-ring (bicyclic) bond motifs is 2. The molecule has 80 heavy (non-hydrogen) atoms. The summed E-state index contributed by atoms with van der Waals surface area (Å²) in [6.07, 6.45) is -5.78. The summed E-state index contributed by atoms with van der Waals surface area (Å²) in [6, 6.07) is 23.8. The molecule has 2 fully saturated rings. The number of benzene rings is 4. The largest absolute Gasteiger partial charge is 0.416 e. The van der Waals surface area contributed by atoms with Crippen molar-refractivity contribution in [1.82, 2.24) is 35.1 Å². The van der Waals surface area contributed by atoms with Crippen molar-refractivity contribution in [3.63, 3.8) is 0 Å². The van der Waals surface area contributed by atoms with Gasteiger partial charge < -0.3 is 40.6 Å². The molecule has 0 aliphatic carbocycles. The second-order valence-corrected chi connectivity index (χ2v) is 20.2. The first-order valence-electron chi connectivity index (χ1n) is 25.2. The minimum atomic E-state index is -4.60. The molecule has 21 heteroatoms. The van der Waals surface area contributed by atoms with Crippen LogP contribution in [0, 0.1) is 27.7 Å². The Morgan fingerprint density at radius 3 is 1.39 bits per heavy atom. The van der Waals surface area contributed by atoms with Gasteiger partial charge in [0.2, 0.25) is 0 Å². The Balaban J connectivity index is 0.000000232. The van der Waals surface area contributed by atoms with Crippen molar-refractivity contribution in [2.24, 2.45) is 14.1 Å². The number of anilines is 3. The maximum Gasteiger partial charge on any atom is 0.416 e. The zero-order valence-electron chi connectivity index (χ0n) is 44.1. The number of aromatic nitrogens is 4. The lowest BCUT2D eigenvalue weighted by Gasteiger charge is -2.30. The van der Waals surface area contributed by atoms with E-state index in [0.29, 0.717) is 65.5 Å². The highest BCUT2D eigenvalue weighted by Crippen LogP contribution is 2.36. The molecule has 4 aromatic heterocycles. The molecule has 0 unspecified atom stereocenters. The van der Waals surface area contributed by atoms with Gasteiger partial charge in [0.15, 0.2) is 0 Å². The predicted octanol–water partition coefficient (Wildman–Crippen LogP) is 11.2. The summed E-state index contributed by atoms with van der Waals surface area (Å²) >= 11 is 3.03. The summed E-state index contributed by atoms with van der Waals surface area (Å²) in [6.45, 7) is 14.3. The third-order valence-corrected chi connectivity index (χ3v) is 14.0. The van der Waals surface area contributed by atoms with Gasteiger partial charge in [0, 0.05) is 146 Å². The van der Waals surface area contributed by atoms with Crippen LogP contribution in [0.5, 0.6) is 0 Å². The van der Waals surface area contributed by atoms with Crippen LogP contribution in [0.4, 0.5) is 43.4 Å². The van der Waals surface area contributed by atoms with Crippen LogP contribution in [0.2, 0.25) is 0 Å². The third-order valence-electron chi connectivity index (χ3n) is 13.5. The van der Waals surface area contributed by atoms with Gasteiger partial charge in [0.05, 0.1) is 22.2 Å². The molecule has 8 aromatic rings. The summed E-state index contributed by atoms with van der Waals surface area (Å²) in [5.41, 5.74) is 5.37. The van der Waals surface area contributed by atoms with E-state index in [-0.39, 0.29) is 35.6 Å². The van der Waals surface area contributed by atoms with Crippen molar-refractivity contribution in [2.45, 2.75) is 47.5 Å². The minimum Gasteiger partial charge on any atom is -0.369 e. The van der Waals surface area contributed by atoms with Gasteiger partial charge in [-0.25, -0.2) is 0 Å². The van der Waals surface area contributed by atoms with E-state index in [2.05, 4.69) is 52.5 Å². The number of halogens is 7. The van der Waals surface area contributed by atoms with Gasteiger partial charge in [0.25, 0.3) is 22.9 Å². The minimum absolute atomic E-state index is 0. The maximum atomic E-state index is 13.7. The van der Waals surface area contributed by atoms with Gasteiger partial charge in [-0.1, -0.05) is 35.5 Å². The van der Waals surface area contributed by atoms with Crippen LogP contribution >= 0.6 is 15.9 Å². The average Bonchev–Trinajstić information content (AvgIpc) is 3.45. The number of piperazine rings is 2. The van der Waals surface area contributed by atoms with Crippen LogP contribution in [0.15, 0.2) is 124 Å². The highest BCUT2D eigenvalue weighted by molar-refractivity contribution is 9.10. The standard InChI is InChI=1S/C29H28F3N5O2.C25H19BrF3N3O2.C4H10N2.CH4.H2/c1-17-4-5-22(15-24(17)25-13-20-16-34-18(2)10-26(20)36(3)28(25)39)35-27(38)19-11-21(29(30,31)32)14-23(12-19)37-8-6-33-7-9-37;1-13-4-5-19(31-23(33)15-7-17(25(27,28)29)10-18(26)8-15)11-20(13)21-9-16-12-30-14(2)6-22(16)32(3)24(21)34;1-2-6-4-3-5-1;;/h4-5,10-16,33H,6-9H2,1-3H3,(H,35,38);4-12H,1-3H3,(H,31,33);5-6H,1-4H2;1H4;1H/i;;;;1+1. The van der Waals surface area contributed by atoms with Gasteiger partial charge >= 0.3 is 12.4 Å². The fraction of sp³-hybridized carbons (Fsp3) is 0.288. The monoisotopic (exact) mass is 1170 g/mol. The average molecular weight is 1170 g/mol. The van der Waals surface area contributed by atoms with E-state index in [1.165, 1.54) is 12.1 Å². The Bertz CT molecular complexity index is 3740. The fourth-order valence-electron chi connectivity index (χ4n) is 9.20. The Hall–Kier alpha value is -7.72. The second kappa shape index (κ2) is 25.2. The Morgan fingerprint density at radius 1 is 0.550 bits per heavy atom. The van der Waals surface area contributed by atoms with Crippen molar-refractivity contribution < 1.29 is 37.4 Å². The molecular formula is C59H63BrF6N10O4. The zero-order valence-corrected chi connectivity index (χ0v) is 45.6. The smallest absolute Gasteiger partial charge is 0.369 e. The first-order chi connectivity index (χ1) is 37.4. The molecule has 2 saturated heterocycles. The molecule has 422 valence electrons. The van der Waals surface area contributed by atoms with Crippen LogP contribution in [-0.2, 0) is 26.4 Å². The lowest BCUT2D eigenvalue weighted by atomic mass is 9.99. The lowest BCUT2D eigenvalue weighted by Crippen LogP contribution is -2.43. The molecule has 2 amide bonds. The number of carbonyl (C=O) groups excluding carboxylic acids is 2. The van der Waals surface area contributed by atoms with Crippen LogP contribution in [0.3, 0.4) is 0 Å². The summed E-state index contributed by atoms with van der Waals surface area (Å²) in [5, 5.41) is 16.5. The number of nitrogens with one attached hydrogen (secondary N) is 5. The Morgan fingerprint density at radius 2 is 0.963 bits per heavy atom. The molecule has 14 nitrogen and oxygen atoms in total. The van der Waals surface area contributed by atoms with Crippen molar-refractivity contribution in [2.75, 3.05) is 67.9 Å². The number of amides is 2. The van der Waals surface area contributed by atoms with Gasteiger partial charge in [-0.3, -0.25) is 29.1 Å². The Labute approximate surface area is 468 Å². The molecule has 0 bridgehead atoms. The molecule has 0 spiro atoms. The van der Waals surface area contributed by atoms with E-state index < -0.39 is 35.3 Å². The molecule has 0 saturated carbocycles. The number of rotatable bonds is 7. The second-order valence-electron chi connectivity index (χ2n) is 19.3. The van der Waals surface area contributed by atoms with Crippen molar-refractivity contribution in [1.29, 1.82) is 0 Å². The van der Waals surface area contributed by atoms with Gasteiger partial charge in [-0.2, -0.15) is 26.3 Å². The molecule has 0 atom stereocenters. The van der Waals surface area contributed by atoms with Gasteiger partial charge in [-0.15, -0.1) is 0 Å². The quantitative estimate of drug-likeness (QED) is 0.0969. The van der Waals surface area contributed by atoms with Gasteiger partial charge in [0.1, 0.15) is 0 Å². The molecular weight excluding hydrogens is 1110 g/mol. The third kappa shape index (κ3) is 14.2. The number of hydrogen-bond acceptors (Lipinski definition) is 10. The van der Waals surface area contributed by atoms with E-state index in [1.807, 2.05) is 44.7 Å². The first-order valence-corrected chi connectivity index (χ1v) is 26.0. The van der Waals surface area contributed by atoms with Crippen LogP contribution in [0.1, 0.15) is 63.2 Å². The number of aryl methyl sites for hydroxylation is 6. The topological polar surface area (TPSA) is 167 Å². The number of pyridine rings is 4. The lowest BCUT2D eigenvalue weighted by molar-refractivity contribution is -0.138. The molecule has 2 aliphatic heterocycles. The fourth-order valence-corrected chi connectivity index (χ4v) is 9.69. The number of alkyl halides is 6. The SMILES string of the molecule is C.C1CNCCN1.Cc1cc2c(cn1)cc(-c1cc(NC(=O)c3cc(Br)cc(C(F)(F)F)c3)ccc1C)c(=O)n2C.Cc1cc2c(cn1)cc(-c1cc(NC(=O)c3cc(N4CCNCC4)cc(C(F)(F)F)c3)ccc1C)c(=O)n2C.[2HH]. The van der Waals surface area contributed by atoms with Gasteiger partial charge in [-0.05, 0) is 135 Å². The number of hydrogen-bond donors (Lipinski definition) is 5. The number of carbonyl (C=O) groups is 2. The van der Waals surface area contributed by atoms with Crippen LogP contribution in [0.25, 0.3) is 44.1 Å². The summed E-state index contributed by atoms with van der Waals surface area (Å²) in [7, 11) is 3.37. The van der Waals surface area contributed by atoms with Crippen molar-refractivity contribution in [3.8, 4) is 22.3 Å². The summed E-state index contributed by atoms with van der Waals surface area (Å²) in [5.74, 6) is -1.37. The molecule has 5 N–H and O–H groups in total. The first kappa shape index (κ1) is 59.9. The van der Waals surface area contributed by atoms with E-state index >= 15 is 0 Å². The van der Waals surface area contributed by atoms with E-state index in [4.69, 9.17) is 0 Å².